The Balaban J connectivity index is 0.00000450. The van der Waals surface area contributed by atoms with Gasteiger partial charge in [-0.1, -0.05) is 67.6 Å². The normalized spacial score (nSPS) is 12.0. The van der Waals surface area contributed by atoms with Crippen molar-refractivity contribution in [3.05, 3.63) is 71.8 Å². The number of nitrogens with zero attached hydrogens (tertiary/aromatic N) is 2. The fourth-order valence-corrected chi connectivity index (χ4v) is 4.17. The minimum absolute atomic E-state index is 0. The van der Waals surface area contributed by atoms with Crippen molar-refractivity contribution in [1.82, 2.24) is 14.9 Å². The topological polar surface area (TPSA) is 73.8 Å². The fraction of sp³-hybridized carbons (Fsp3) is 0.409. The second-order valence-corrected chi connectivity index (χ2v) is 8.84. The summed E-state index contributed by atoms with van der Waals surface area (Å²) < 4.78 is 24.8. The van der Waals surface area contributed by atoms with Crippen LogP contribution >= 0.6 is 24.0 Å². The van der Waals surface area contributed by atoms with Crippen LogP contribution in [0, 0.1) is 0 Å². The first-order valence-corrected chi connectivity index (χ1v) is 11.8. The molecule has 2 aromatic rings. The fourth-order valence-electron chi connectivity index (χ4n) is 3.24. The van der Waals surface area contributed by atoms with Crippen LogP contribution in [0.2, 0.25) is 0 Å². The molecule has 166 valence electrons. The number of halogens is 1. The molecule has 0 aliphatic carbocycles. The Morgan fingerprint density at radius 2 is 1.53 bits per heavy atom. The Hall–Kier alpha value is -1.65. The number of aliphatic imine (C=N–C) groups is 1. The molecule has 0 saturated heterocycles. The largest absolute Gasteiger partial charge is 0.356 e. The molecule has 6 nitrogen and oxygen atoms in total. The summed E-state index contributed by atoms with van der Waals surface area (Å²) in [6, 6.07) is 20.8. The summed E-state index contributed by atoms with van der Waals surface area (Å²) >= 11 is 0. The highest BCUT2D eigenvalue weighted by Gasteiger charge is 2.15. The van der Waals surface area contributed by atoms with Gasteiger partial charge >= 0.3 is 0 Å². The van der Waals surface area contributed by atoms with E-state index >= 15 is 0 Å². The third-order valence-electron chi connectivity index (χ3n) is 4.80. The van der Waals surface area contributed by atoms with Crippen LogP contribution in [0.1, 0.15) is 30.4 Å². The van der Waals surface area contributed by atoms with Crippen LogP contribution in [-0.4, -0.2) is 58.2 Å². The lowest BCUT2D eigenvalue weighted by atomic mass is 9.91. The van der Waals surface area contributed by atoms with E-state index in [1.54, 1.807) is 7.05 Å². The number of hydrogen-bond acceptors (Lipinski definition) is 3. The van der Waals surface area contributed by atoms with Gasteiger partial charge in [0, 0.05) is 39.1 Å². The molecule has 2 N–H and O–H groups in total. The van der Waals surface area contributed by atoms with E-state index in [-0.39, 0.29) is 29.9 Å². The maximum absolute atomic E-state index is 11.7. The molecule has 0 spiro atoms. The summed E-state index contributed by atoms with van der Waals surface area (Å²) in [5.41, 5.74) is 2.49. The van der Waals surface area contributed by atoms with Gasteiger partial charge in [-0.2, -0.15) is 0 Å². The van der Waals surface area contributed by atoms with Crippen molar-refractivity contribution in [2.75, 3.05) is 39.5 Å². The number of rotatable bonds is 10. The van der Waals surface area contributed by atoms with Crippen molar-refractivity contribution >= 4 is 40.0 Å². The molecular weight excluding hydrogens is 511 g/mol. The van der Waals surface area contributed by atoms with Gasteiger partial charge in [0.05, 0.1) is 6.26 Å². The zero-order valence-electron chi connectivity index (χ0n) is 17.9. The van der Waals surface area contributed by atoms with Crippen LogP contribution in [0.3, 0.4) is 0 Å². The maximum Gasteiger partial charge on any atom is 0.211 e. The molecule has 0 bridgehead atoms. The van der Waals surface area contributed by atoms with Gasteiger partial charge in [0.1, 0.15) is 0 Å². The van der Waals surface area contributed by atoms with Crippen molar-refractivity contribution in [1.29, 1.82) is 0 Å². The van der Waals surface area contributed by atoms with Gasteiger partial charge in [-0.05, 0) is 17.5 Å². The molecule has 0 aliphatic rings. The standard InChI is InChI=1S/C22H32N4O2S.HI/c1-4-26(29(3,27)28)17-11-16-24-22(23-2)25-18-21(19-12-7-5-8-13-19)20-14-9-6-10-15-20;/h5-10,12-15,21H,4,11,16-18H2,1-3H3,(H2,23,24,25);1H. The summed E-state index contributed by atoms with van der Waals surface area (Å²) in [6.45, 7) is 4.19. The lowest BCUT2D eigenvalue weighted by Crippen LogP contribution is -2.41. The van der Waals surface area contributed by atoms with E-state index in [0.29, 0.717) is 38.6 Å². The molecule has 0 heterocycles. The average molecular weight is 545 g/mol. The average Bonchev–Trinajstić information content (AvgIpc) is 2.73. The highest BCUT2D eigenvalue weighted by atomic mass is 127. The molecule has 30 heavy (non-hydrogen) atoms. The van der Waals surface area contributed by atoms with Crippen molar-refractivity contribution in [3.8, 4) is 0 Å². The Morgan fingerprint density at radius 1 is 1.00 bits per heavy atom. The third-order valence-corrected chi connectivity index (χ3v) is 6.18. The van der Waals surface area contributed by atoms with Crippen LogP contribution in [0.4, 0.5) is 0 Å². The van der Waals surface area contributed by atoms with E-state index in [1.807, 2.05) is 19.1 Å². The monoisotopic (exact) mass is 544 g/mol. The first-order chi connectivity index (χ1) is 14.0. The van der Waals surface area contributed by atoms with E-state index in [9.17, 15) is 8.42 Å². The van der Waals surface area contributed by atoms with Gasteiger partial charge in [0.15, 0.2) is 5.96 Å². The molecule has 0 atom stereocenters. The van der Waals surface area contributed by atoms with E-state index in [1.165, 1.54) is 21.7 Å². The van der Waals surface area contributed by atoms with E-state index in [2.05, 4.69) is 64.2 Å². The summed E-state index contributed by atoms with van der Waals surface area (Å²) in [5.74, 6) is 0.918. The van der Waals surface area contributed by atoms with E-state index in [0.717, 1.165) is 0 Å². The highest BCUT2D eigenvalue weighted by Crippen LogP contribution is 2.23. The molecule has 0 radical (unpaired) electrons. The van der Waals surface area contributed by atoms with Gasteiger partial charge in [0.2, 0.25) is 10.0 Å². The second kappa shape index (κ2) is 13.6. The smallest absolute Gasteiger partial charge is 0.211 e. The molecule has 8 heteroatoms. The third kappa shape index (κ3) is 8.61. The Morgan fingerprint density at radius 3 is 1.97 bits per heavy atom. The zero-order valence-corrected chi connectivity index (χ0v) is 21.1. The Labute approximate surface area is 198 Å². The first-order valence-electron chi connectivity index (χ1n) is 9.95. The summed E-state index contributed by atoms with van der Waals surface area (Å²) in [6.07, 6.45) is 1.96. The lowest BCUT2D eigenvalue weighted by molar-refractivity contribution is 0.424. The molecule has 0 aliphatic heterocycles. The number of guanidine groups is 1. The Bertz CT molecular complexity index is 822. The predicted octanol–water partition coefficient (Wildman–Crippen LogP) is 3.27. The molecule has 0 unspecified atom stereocenters. The number of nitrogens with one attached hydrogen (secondary N) is 2. The van der Waals surface area contributed by atoms with Gasteiger partial charge in [-0.15, -0.1) is 24.0 Å². The van der Waals surface area contributed by atoms with Crippen LogP contribution in [0.15, 0.2) is 65.7 Å². The van der Waals surface area contributed by atoms with Crippen LogP contribution in [0.5, 0.6) is 0 Å². The molecule has 0 aromatic heterocycles. The van der Waals surface area contributed by atoms with Gasteiger partial charge in [0.25, 0.3) is 0 Å². The SMILES string of the molecule is CCN(CCCNC(=NC)NCC(c1ccccc1)c1ccccc1)S(C)(=O)=O.I. The van der Waals surface area contributed by atoms with Crippen LogP contribution < -0.4 is 10.6 Å². The van der Waals surface area contributed by atoms with E-state index in [4.69, 9.17) is 0 Å². The molecule has 0 amide bonds. The van der Waals surface area contributed by atoms with Gasteiger partial charge < -0.3 is 10.6 Å². The van der Waals surface area contributed by atoms with E-state index < -0.39 is 10.0 Å². The van der Waals surface area contributed by atoms with Gasteiger partial charge in [-0.3, -0.25) is 4.99 Å². The first kappa shape index (κ1) is 26.4. The minimum Gasteiger partial charge on any atom is -0.356 e. The quantitative estimate of drug-likeness (QED) is 0.209. The maximum atomic E-state index is 11.7. The highest BCUT2D eigenvalue weighted by molar-refractivity contribution is 14.0. The van der Waals surface area contributed by atoms with Gasteiger partial charge in [-0.25, -0.2) is 12.7 Å². The molecule has 0 saturated carbocycles. The van der Waals surface area contributed by atoms with Crippen molar-refractivity contribution in [2.24, 2.45) is 4.99 Å². The van der Waals surface area contributed by atoms with Crippen LogP contribution in [-0.2, 0) is 10.0 Å². The number of hydrogen-bond donors (Lipinski definition) is 2. The zero-order chi connectivity index (χ0) is 21.1. The number of benzene rings is 2. The van der Waals surface area contributed by atoms with Crippen molar-refractivity contribution < 1.29 is 8.42 Å². The molecular formula is C22H33IN4O2S. The summed E-state index contributed by atoms with van der Waals surface area (Å²) in [4.78, 5) is 4.30. The molecule has 0 fully saturated rings. The predicted molar refractivity (Wildman–Crippen MR) is 136 cm³/mol. The molecule has 2 rings (SSSR count). The van der Waals surface area contributed by atoms with Crippen molar-refractivity contribution in [3.63, 3.8) is 0 Å². The Kier molecular flexibility index (Phi) is 12.0. The van der Waals surface area contributed by atoms with Crippen LogP contribution in [0.25, 0.3) is 0 Å². The second-order valence-electron chi connectivity index (χ2n) is 6.86. The minimum atomic E-state index is -3.14. The van der Waals surface area contributed by atoms with Crippen molar-refractivity contribution in [2.45, 2.75) is 19.3 Å². The lowest BCUT2D eigenvalue weighted by Gasteiger charge is -2.21. The summed E-state index contributed by atoms with van der Waals surface area (Å²) in [7, 11) is -1.40. The number of sulfonamides is 1. The molecule has 2 aromatic carbocycles. The summed E-state index contributed by atoms with van der Waals surface area (Å²) in [5, 5.41) is 6.68.